The highest BCUT2D eigenvalue weighted by atomic mass is 35.5. The normalized spacial score (nSPS) is 23.0. The molecule has 2 rings (SSSR count). The molecule has 11 heteroatoms. The van der Waals surface area contributed by atoms with Crippen molar-refractivity contribution in [1.29, 1.82) is 0 Å². The molecule has 1 saturated heterocycles. The monoisotopic (exact) mass is 436 g/mol. The number of carboxylic acids is 1. The van der Waals surface area contributed by atoms with Gasteiger partial charge in [-0.3, -0.25) is 4.79 Å². The fraction of sp³-hybridized carbons (Fsp3) is 0.375. The Morgan fingerprint density at radius 1 is 1.41 bits per heavy atom. The molecule has 0 bridgehead atoms. The number of carbonyl (C=O) groups excluding carboxylic acids is 1. The Bertz CT molecular complexity index is 855. The lowest BCUT2D eigenvalue weighted by Crippen LogP contribution is -2.60. The van der Waals surface area contributed by atoms with E-state index in [1.807, 2.05) is 0 Å². The van der Waals surface area contributed by atoms with E-state index in [9.17, 15) is 23.1 Å². The molecule has 1 fully saturated rings. The molecule has 8 nitrogen and oxygen atoms in total. The Balaban J connectivity index is 2.40. The van der Waals surface area contributed by atoms with Crippen LogP contribution in [0, 0.1) is 0 Å². The molecule has 0 spiro atoms. The smallest absolute Gasteiger partial charge is 0.407 e. The number of rotatable bonds is 6. The first-order valence-electron chi connectivity index (χ1n) is 7.80. The molecule has 148 valence electrons. The van der Waals surface area contributed by atoms with Gasteiger partial charge in [0.05, 0.1) is 10.9 Å². The number of alkyl carbamates (subject to hydrolysis) is 1. The zero-order valence-electron chi connectivity index (χ0n) is 14.3. The highest BCUT2D eigenvalue weighted by molar-refractivity contribution is 7.89. The van der Waals surface area contributed by atoms with Crippen LogP contribution in [0.4, 0.5) is 4.79 Å². The quantitative estimate of drug-likeness (QED) is 0.662. The van der Waals surface area contributed by atoms with Gasteiger partial charge in [-0.05, 0) is 31.5 Å². The second-order valence-corrected chi connectivity index (χ2v) is 8.74. The highest BCUT2D eigenvalue weighted by Crippen LogP contribution is 2.36. The third-order valence-corrected chi connectivity index (χ3v) is 6.71. The molecule has 1 aromatic carbocycles. The number of carbonyl (C=O) groups is 2. The Morgan fingerprint density at radius 3 is 2.52 bits per heavy atom. The zero-order chi connectivity index (χ0) is 20.4. The fourth-order valence-electron chi connectivity index (χ4n) is 2.89. The molecule has 1 amide bonds. The van der Waals surface area contributed by atoms with E-state index in [0.717, 1.165) is 4.31 Å². The third kappa shape index (κ3) is 4.21. The number of aliphatic carboxylic acids is 1. The van der Waals surface area contributed by atoms with Crippen molar-refractivity contribution < 1.29 is 27.9 Å². The Kier molecular flexibility index (Phi) is 6.41. The predicted octanol–water partition coefficient (Wildman–Crippen LogP) is 2.51. The molecule has 1 heterocycles. The summed E-state index contributed by atoms with van der Waals surface area (Å²) >= 11 is 11.8. The molecule has 2 N–H and O–H groups in total. The summed E-state index contributed by atoms with van der Waals surface area (Å²) in [4.78, 5) is 23.6. The number of halogens is 2. The van der Waals surface area contributed by atoms with Crippen LogP contribution in [-0.2, 0) is 19.6 Å². The van der Waals surface area contributed by atoms with Crippen molar-refractivity contribution in [2.45, 2.75) is 29.8 Å². The molecule has 1 aliphatic heterocycles. The lowest BCUT2D eigenvalue weighted by molar-refractivity contribution is -0.147. The summed E-state index contributed by atoms with van der Waals surface area (Å²) in [7, 11) is -4.25. The van der Waals surface area contributed by atoms with Crippen molar-refractivity contribution in [3.63, 3.8) is 0 Å². The van der Waals surface area contributed by atoms with Crippen molar-refractivity contribution in [1.82, 2.24) is 9.62 Å². The molecule has 0 aromatic heterocycles. The molecule has 1 unspecified atom stereocenters. The first-order valence-corrected chi connectivity index (χ1v) is 9.99. The van der Waals surface area contributed by atoms with Crippen molar-refractivity contribution >= 4 is 45.3 Å². The van der Waals surface area contributed by atoms with Crippen molar-refractivity contribution in [2.75, 3.05) is 13.2 Å². The number of amides is 1. The van der Waals surface area contributed by atoms with Crippen LogP contribution >= 0.6 is 23.2 Å². The van der Waals surface area contributed by atoms with Gasteiger partial charge >= 0.3 is 12.1 Å². The van der Waals surface area contributed by atoms with E-state index in [2.05, 4.69) is 11.9 Å². The molecular formula is C16H18Cl2N2O6S. The predicted molar refractivity (Wildman–Crippen MR) is 99.5 cm³/mol. The van der Waals surface area contributed by atoms with E-state index in [-0.39, 0.29) is 34.5 Å². The third-order valence-electron chi connectivity index (χ3n) is 4.30. The number of ether oxygens (including phenoxy) is 1. The Labute approximate surface area is 166 Å². The lowest BCUT2D eigenvalue weighted by Gasteiger charge is -2.34. The maximum atomic E-state index is 13.1. The first kappa shape index (κ1) is 21.5. The second kappa shape index (κ2) is 8.05. The van der Waals surface area contributed by atoms with E-state index in [0.29, 0.717) is 0 Å². The summed E-state index contributed by atoms with van der Waals surface area (Å²) < 4.78 is 31.7. The van der Waals surface area contributed by atoms with Gasteiger partial charge in [0.15, 0.2) is 5.54 Å². The summed E-state index contributed by atoms with van der Waals surface area (Å²) in [6.07, 6.45) is 0.571. The average Bonchev–Trinajstić information content (AvgIpc) is 2.90. The number of hydrogen-bond acceptors (Lipinski definition) is 5. The van der Waals surface area contributed by atoms with Crippen molar-refractivity contribution in [2.24, 2.45) is 0 Å². The van der Waals surface area contributed by atoms with Gasteiger partial charge in [0.25, 0.3) is 0 Å². The van der Waals surface area contributed by atoms with Gasteiger partial charge in [0.1, 0.15) is 6.61 Å². The topological polar surface area (TPSA) is 113 Å². The van der Waals surface area contributed by atoms with Crippen LogP contribution in [0.2, 0.25) is 10.0 Å². The van der Waals surface area contributed by atoms with Crippen LogP contribution in [0.3, 0.4) is 0 Å². The fourth-order valence-corrected chi connectivity index (χ4v) is 5.41. The highest BCUT2D eigenvalue weighted by Gasteiger charge is 2.57. The molecule has 1 aliphatic rings. The number of benzene rings is 1. The minimum atomic E-state index is -4.25. The summed E-state index contributed by atoms with van der Waals surface area (Å²) in [6.45, 7) is 4.44. The van der Waals surface area contributed by atoms with Crippen LogP contribution in [-0.4, -0.2) is 54.6 Å². The van der Waals surface area contributed by atoms with Crippen LogP contribution in [0.25, 0.3) is 0 Å². The van der Waals surface area contributed by atoms with Crippen LogP contribution in [0.15, 0.2) is 35.7 Å². The van der Waals surface area contributed by atoms with Crippen molar-refractivity contribution in [3.8, 4) is 0 Å². The molecule has 0 aliphatic carbocycles. The van der Waals surface area contributed by atoms with E-state index in [1.54, 1.807) is 0 Å². The minimum absolute atomic E-state index is 0.0641. The molecular weight excluding hydrogens is 419 g/mol. The van der Waals surface area contributed by atoms with Crippen molar-refractivity contribution in [3.05, 3.63) is 40.9 Å². The summed E-state index contributed by atoms with van der Waals surface area (Å²) in [6, 6.07) is 2.73. The van der Waals surface area contributed by atoms with Gasteiger partial charge in [-0.2, -0.15) is 4.31 Å². The number of nitrogens with one attached hydrogen (secondary N) is 1. The Hall–Kier alpha value is -1.81. The molecule has 27 heavy (non-hydrogen) atoms. The largest absolute Gasteiger partial charge is 0.480 e. The van der Waals surface area contributed by atoms with Gasteiger partial charge < -0.3 is 15.2 Å². The zero-order valence-corrected chi connectivity index (χ0v) is 16.6. The molecule has 2 atom stereocenters. The van der Waals surface area contributed by atoms with Gasteiger partial charge in [0, 0.05) is 16.6 Å². The van der Waals surface area contributed by atoms with Crippen LogP contribution in [0.5, 0.6) is 0 Å². The summed E-state index contributed by atoms with van der Waals surface area (Å²) in [5.41, 5.74) is -1.93. The number of hydrogen-bond donors (Lipinski definition) is 2. The lowest BCUT2D eigenvalue weighted by atomic mass is 9.95. The molecule has 0 radical (unpaired) electrons. The molecule has 1 aromatic rings. The standard InChI is InChI=1S/C16H18Cl2N2O6S/c1-3-6-26-15(23)19-13-4-5-20(16(13,2)14(21)22)27(24,25)12-8-10(17)7-11(18)9-12/h3,7-9,13H,1,4-6H2,2H3,(H,19,23)(H,21,22)/t13-,16?/m1/s1. The number of carboxylic acid groups (broad SMARTS) is 1. The summed E-state index contributed by atoms with van der Waals surface area (Å²) in [5, 5.41) is 12.4. The van der Waals surface area contributed by atoms with Gasteiger partial charge in [-0.15, -0.1) is 0 Å². The maximum absolute atomic E-state index is 13.1. The minimum Gasteiger partial charge on any atom is -0.480 e. The first-order chi connectivity index (χ1) is 12.5. The van der Waals surface area contributed by atoms with E-state index >= 15 is 0 Å². The molecule has 0 saturated carbocycles. The maximum Gasteiger partial charge on any atom is 0.407 e. The number of sulfonamides is 1. The SMILES string of the molecule is C=CCOC(=O)N[C@@H]1CCN(S(=O)(=O)c2cc(Cl)cc(Cl)c2)C1(C)C(=O)O. The van der Waals surface area contributed by atoms with E-state index < -0.39 is 33.7 Å². The Morgan fingerprint density at radius 2 is 2.00 bits per heavy atom. The van der Waals surface area contributed by atoms with Gasteiger partial charge in [0.2, 0.25) is 10.0 Å². The van der Waals surface area contributed by atoms with Gasteiger partial charge in [-0.1, -0.05) is 35.9 Å². The second-order valence-electron chi connectivity index (χ2n) is 6.01. The van der Waals surface area contributed by atoms with Gasteiger partial charge in [-0.25, -0.2) is 13.2 Å². The van der Waals surface area contributed by atoms with E-state index in [4.69, 9.17) is 27.9 Å². The summed E-state index contributed by atoms with van der Waals surface area (Å²) in [5.74, 6) is -1.41. The number of nitrogens with zero attached hydrogens (tertiary/aromatic N) is 1. The average molecular weight is 437 g/mol. The van der Waals surface area contributed by atoms with Crippen LogP contribution in [0.1, 0.15) is 13.3 Å². The van der Waals surface area contributed by atoms with E-state index in [1.165, 1.54) is 31.2 Å². The van der Waals surface area contributed by atoms with Crippen LogP contribution < -0.4 is 5.32 Å².